The zero-order valence-electron chi connectivity index (χ0n) is 12.7. The topological polar surface area (TPSA) is 9.23 Å². The molecule has 0 aliphatic rings. The van der Waals surface area contributed by atoms with Crippen LogP contribution in [0.25, 0.3) is 0 Å². The van der Waals surface area contributed by atoms with Gasteiger partial charge in [-0.2, -0.15) is 0 Å². The van der Waals surface area contributed by atoms with Crippen molar-refractivity contribution in [2.75, 3.05) is 0 Å². The highest BCUT2D eigenvalue weighted by atomic mass is 32.2. The van der Waals surface area contributed by atoms with Gasteiger partial charge in [0.1, 0.15) is 21.4 Å². The van der Waals surface area contributed by atoms with Gasteiger partial charge in [-0.05, 0) is 23.6 Å². The number of thioether (sulfide) groups is 1. The van der Waals surface area contributed by atoms with Crippen molar-refractivity contribution in [3.63, 3.8) is 0 Å². The summed E-state index contributed by atoms with van der Waals surface area (Å²) in [6, 6.07) is 6.56. The Morgan fingerprint density at radius 1 is 1.17 bits per heavy atom. The molecule has 0 aliphatic carbocycles. The van der Waals surface area contributed by atoms with Gasteiger partial charge in [-0.25, -0.2) is 0 Å². The lowest BCUT2D eigenvalue weighted by atomic mass is 9.81. The third-order valence-corrected chi connectivity index (χ3v) is 3.49. The van der Waals surface area contributed by atoms with Gasteiger partial charge >= 0.3 is 0 Å². The second kappa shape index (κ2) is 6.10. The molecule has 4 heteroatoms. The van der Waals surface area contributed by atoms with Gasteiger partial charge in [-0.1, -0.05) is 34.6 Å². The molecular weight excluding hydrogens is 238 g/mol. The molecule has 0 bridgehead atoms. The van der Waals surface area contributed by atoms with Crippen LogP contribution in [0.2, 0.25) is 0 Å². The van der Waals surface area contributed by atoms with E-state index in [-0.39, 0.29) is 11.3 Å². The first-order valence-corrected chi connectivity index (χ1v) is 7.56. The maximum atomic E-state index is 5.92. The van der Waals surface area contributed by atoms with Crippen LogP contribution in [-0.4, -0.2) is 26.8 Å². The van der Waals surface area contributed by atoms with Crippen molar-refractivity contribution in [3.8, 4) is 5.75 Å². The first-order valence-electron chi connectivity index (χ1n) is 6.68. The lowest BCUT2D eigenvalue weighted by molar-refractivity contribution is 0.341. The fraction of sp³-hybridized carbons (Fsp3) is 0.571. The Balaban J connectivity index is 3.12. The molecule has 0 unspecified atom stereocenters. The normalized spacial score (nSPS) is 12.2. The molecular formula is C14H24B2OS. The van der Waals surface area contributed by atoms with E-state index in [4.69, 9.17) is 4.74 Å². The smallest absolute Gasteiger partial charge is 0.142 e. The SMILES string of the molecule is BC(B)Oc1ccc(SC(C)C)cc1C(C)(C)C. The summed E-state index contributed by atoms with van der Waals surface area (Å²) in [4.78, 5) is 1.33. The maximum absolute atomic E-state index is 5.92. The summed E-state index contributed by atoms with van der Waals surface area (Å²) >= 11 is 1.90. The minimum atomic E-state index is 0.109. The third-order valence-electron chi connectivity index (χ3n) is 2.49. The van der Waals surface area contributed by atoms with Crippen LogP contribution >= 0.6 is 11.8 Å². The highest BCUT2D eigenvalue weighted by molar-refractivity contribution is 7.99. The fourth-order valence-electron chi connectivity index (χ4n) is 1.80. The zero-order valence-corrected chi connectivity index (χ0v) is 13.5. The molecule has 0 spiro atoms. The van der Waals surface area contributed by atoms with E-state index in [0.29, 0.717) is 5.25 Å². The van der Waals surface area contributed by atoms with E-state index in [1.165, 1.54) is 10.5 Å². The van der Waals surface area contributed by atoms with Crippen LogP contribution < -0.4 is 4.74 Å². The molecule has 18 heavy (non-hydrogen) atoms. The Bertz CT molecular complexity index is 397. The van der Waals surface area contributed by atoms with Crippen LogP contribution in [0.4, 0.5) is 0 Å². The van der Waals surface area contributed by atoms with Crippen molar-refractivity contribution in [3.05, 3.63) is 23.8 Å². The van der Waals surface area contributed by atoms with Gasteiger partial charge < -0.3 is 4.74 Å². The molecule has 0 aromatic heterocycles. The van der Waals surface area contributed by atoms with Crippen LogP contribution in [0.3, 0.4) is 0 Å². The molecule has 0 aliphatic heterocycles. The number of ether oxygens (including phenoxy) is 1. The van der Waals surface area contributed by atoms with Gasteiger partial charge in [0.15, 0.2) is 0 Å². The number of hydrogen-bond acceptors (Lipinski definition) is 2. The molecule has 98 valence electrons. The largest absolute Gasteiger partial charge is 0.508 e. The molecule has 1 aromatic rings. The van der Waals surface area contributed by atoms with E-state index < -0.39 is 0 Å². The van der Waals surface area contributed by atoms with E-state index in [1.807, 2.05) is 11.8 Å². The Morgan fingerprint density at radius 3 is 2.22 bits per heavy atom. The molecule has 0 saturated carbocycles. The molecule has 0 heterocycles. The van der Waals surface area contributed by atoms with E-state index in [9.17, 15) is 0 Å². The summed E-state index contributed by atoms with van der Waals surface area (Å²) in [5.41, 5.74) is 1.40. The summed E-state index contributed by atoms with van der Waals surface area (Å²) < 4.78 is 5.92. The minimum absolute atomic E-state index is 0.109. The first kappa shape index (κ1) is 15.6. The first-order chi connectivity index (χ1) is 8.20. The quantitative estimate of drug-likeness (QED) is 0.608. The van der Waals surface area contributed by atoms with Crippen LogP contribution in [-0.2, 0) is 5.41 Å². The van der Waals surface area contributed by atoms with Crippen molar-refractivity contribution in [1.82, 2.24) is 0 Å². The molecule has 0 atom stereocenters. The predicted molar refractivity (Wildman–Crippen MR) is 87.6 cm³/mol. The summed E-state index contributed by atoms with van der Waals surface area (Å²) in [5.74, 6) is 1.24. The van der Waals surface area contributed by atoms with Crippen molar-refractivity contribution in [2.24, 2.45) is 0 Å². The summed E-state index contributed by atoms with van der Waals surface area (Å²) in [7, 11) is 4.15. The molecule has 1 rings (SSSR count). The zero-order chi connectivity index (χ0) is 13.9. The van der Waals surface area contributed by atoms with E-state index >= 15 is 0 Å². The number of benzene rings is 1. The highest BCUT2D eigenvalue weighted by Gasteiger charge is 2.20. The molecule has 1 nitrogen and oxygen atoms in total. The monoisotopic (exact) mass is 262 g/mol. The van der Waals surface area contributed by atoms with Crippen LogP contribution in [0.15, 0.2) is 23.1 Å². The number of rotatable bonds is 4. The number of hydrogen-bond donors (Lipinski definition) is 0. The second-order valence-electron chi connectivity index (χ2n) is 6.24. The van der Waals surface area contributed by atoms with Crippen LogP contribution in [0, 0.1) is 0 Å². The van der Waals surface area contributed by atoms with Crippen molar-refractivity contribution < 1.29 is 4.74 Å². The molecule has 1 aromatic carbocycles. The van der Waals surface area contributed by atoms with E-state index in [1.54, 1.807) is 0 Å². The highest BCUT2D eigenvalue weighted by Crippen LogP contribution is 2.35. The molecule has 0 fully saturated rings. The lowest BCUT2D eigenvalue weighted by Gasteiger charge is -2.25. The van der Waals surface area contributed by atoms with Crippen molar-refractivity contribution >= 4 is 27.5 Å². The molecule has 0 N–H and O–H groups in total. The standard InChI is InChI=1S/C14H24B2OS/c1-9(2)18-10-6-7-12(17-13(15)16)11(8-10)14(3,4)5/h6-9,13H,15-16H2,1-5H3. The van der Waals surface area contributed by atoms with Crippen LogP contribution in [0.5, 0.6) is 5.75 Å². The van der Waals surface area contributed by atoms with Gasteiger partial charge in [-0.15, -0.1) is 11.8 Å². The Labute approximate surface area is 118 Å². The van der Waals surface area contributed by atoms with Crippen molar-refractivity contribution in [2.45, 2.75) is 56.1 Å². The fourth-order valence-corrected chi connectivity index (χ4v) is 2.67. The average molecular weight is 262 g/mol. The summed E-state index contributed by atoms with van der Waals surface area (Å²) in [5, 5.41) is 0.606. The summed E-state index contributed by atoms with van der Waals surface area (Å²) in [6.07, 6.45) is 0. The van der Waals surface area contributed by atoms with Gasteiger partial charge in [0.2, 0.25) is 0 Å². The van der Waals surface area contributed by atoms with Crippen molar-refractivity contribution in [1.29, 1.82) is 0 Å². The van der Waals surface area contributed by atoms with E-state index in [0.717, 1.165) is 5.75 Å². The molecule has 0 radical (unpaired) electrons. The predicted octanol–water partition coefficient (Wildman–Crippen LogP) is 2.41. The maximum Gasteiger partial charge on any atom is 0.142 e. The van der Waals surface area contributed by atoms with Gasteiger partial charge in [0.05, 0.1) is 0 Å². The molecule has 0 amide bonds. The average Bonchev–Trinajstić information content (AvgIpc) is 2.17. The van der Waals surface area contributed by atoms with Crippen LogP contribution in [0.1, 0.15) is 40.2 Å². The second-order valence-corrected chi connectivity index (χ2v) is 7.89. The van der Waals surface area contributed by atoms with Gasteiger partial charge in [0.25, 0.3) is 0 Å². The summed E-state index contributed by atoms with van der Waals surface area (Å²) in [6.45, 7) is 11.2. The third kappa shape index (κ3) is 4.64. The van der Waals surface area contributed by atoms with Gasteiger partial charge in [-0.3, -0.25) is 0 Å². The van der Waals surface area contributed by atoms with Gasteiger partial charge in [0, 0.05) is 21.6 Å². The lowest BCUT2D eigenvalue weighted by Crippen LogP contribution is -2.20. The Hall–Kier alpha value is -0.500. The van der Waals surface area contributed by atoms with E-state index in [2.05, 4.69) is 68.5 Å². The molecule has 0 saturated heterocycles. The Kier molecular flexibility index (Phi) is 5.27. The Morgan fingerprint density at radius 2 is 1.78 bits per heavy atom. The minimum Gasteiger partial charge on any atom is -0.508 e.